The van der Waals surface area contributed by atoms with Crippen LogP contribution in [0.1, 0.15) is 0 Å². The Kier molecular flexibility index (Phi) is 3.96. The van der Waals surface area contributed by atoms with Gasteiger partial charge < -0.3 is 5.32 Å². The standard InChI is InChI=1S/C11H9Cl2N3O2S/c12-7-3-4-9(8(13)6-7)16-11-10(19(14,17)18)2-1-5-15-11/h1-6H,(H,15,16)(H2,14,17,18). The van der Waals surface area contributed by atoms with Crippen LogP contribution in [0.2, 0.25) is 10.0 Å². The summed E-state index contributed by atoms with van der Waals surface area (Å²) in [5.74, 6) is 0.106. The van der Waals surface area contributed by atoms with Crippen molar-refractivity contribution in [1.29, 1.82) is 0 Å². The van der Waals surface area contributed by atoms with E-state index in [4.69, 9.17) is 28.3 Å². The lowest BCUT2D eigenvalue weighted by Gasteiger charge is -2.10. The predicted molar refractivity (Wildman–Crippen MR) is 75.4 cm³/mol. The van der Waals surface area contributed by atoms with Gasteiger partial charge in [0.25, 0.3) is 0 Å². The van der Waals surface area contributed by atoms with E-state index in [1.807, 2.05) is 0 Å². The quantitative estimate of drug-likeness (QED) is 0.911. The Morgan fingerprint density at radius 2 is 1.95 bits per heavy atom. The third-order valence-electron chi connectivity index (χ3n) is 2.26. The number of nitrogens with zero attached hydrogens (tertiary/aromatic N) is 1. The number of primary sulfonamides is 1. The molecule has 5 nitrogen and oxygen atoms in total. The van der Waals surface area contributed by atoms with Crippen molar-refractivity contribution < 1.29 is 8.42 Å². The smallest absolute Gasteiger partial charge is 0.241 e. The van der Waals surface area contributed by atoms with E-state index >= 15 is 0 Å². The zero-order valence-corrected chi connectivity index (χ0v) is 11.8. The van der Waals surface area contributed by atoms with Crippen molar-refractivity contribution in [2.75, 3.05) is 5.32 Å². The van der Waals surface area contributed by atoms with Gasteiger partial charge >= 0.3 is 0 Å². The molecule has 0 aliphatic carbocycles. The normalized spacial score (nSPS) is 11.3. The van der Waals surface area contributed by atoms with Gasteiger partial charge in [-0.15, -0.1) is 0 Å². The number of hydrogen-bond acceptors (Lipinski definition) is 4. The number of benzene rings is 1. The van der Waals surface area contributed by atoms with Gasteiger partial charge in [0.2, 0.25) is 10.0 Å². The average Bonchev–Trinajstić information content (AvgIpc) is 2.32. The van der Waals surface area contributed by atoms with E-state index < -0.39 is 10.0 Å². The van der Waals surface area contributed by atoms with Gasteiger partial charge in [-0.3, -0.25) is 0 Å². The van der Waals surface area contributed by atoms with Crippen LogP contribution in [0.25, 0.3) is 0 Å². The molecule has 8 heteroatoms. The van der Waals surface area contributed by atoms with Crippen LogP contribution in [-0.4, -0.2) is 13.4 Å². The number of nitrogens with one attached hydrogen (secondary N) is 1. The Labute approximate surface area is 120 Å². The highest BCUT2D eigenvalue weighted by atomic mass is 35.5. The van der Waals surface area contributed by atoms with Crippen molar-refractivity contribution in [3.63, 3.8) is 0 Å². The monoisotopic (exact) mass is 317 g/mol. The van der Waals surface area contributed by atoms with Gasteiger partial charge in [-0.2, -0.15) is 0 Å². The maximum atomic E-state index is 11.4. The SMILES string of the molecule is NS(=O)(=O)c1cccnc1Nc1ccc(Cl)cc1Cl. The van der Waals surface area contributed by atoms with Crippen LogP contribution < -0.4 is 10.5 Å². The van der Waals surface area contributed by atoms with Crippen LogP contribution in [0, 0.1) is 0 Å². The van der Waals surface area contributed by atoms with E-state index in [1.54, 1.807) is 12.1 Å². The number of aromatic nitrogens is 1. The van der Waals surface area contributed by atoms with Crippen LogP contribution in [0.4, 0.5) is 11.5 Å². The number of sulfonamides is 1. The molecule has 0 fully saturated rings. The fraction of sp³-hybridized carbons (Fsp3) is 0. The van der Waals surface area contributed by atoms with Gasteiger partial charge in [-0.25, -0.2) is 18.5 Å². The molecule has 19 heavy (non-hydrogen) atoms. The molecule has 0 radical (unpaired) electrons. The minimum Gasteiger partial charge on any atom is -0.338 e. The number of halogens is 2. The Balaban J connectivity index is 2.44. The fourth-order valence-electron chi connectivity index (χ4n) is 1.43. The molecular weight excluding hydrogens is 309 g/mol. The average molecular weight is 318 g/mol. The molecule has 100 valence electrons. The molecule has 1 aromatic carbocycles. The molecule has 0 saturated heterocycles. The molecule has 0 saturated carbocycles. The summed E-state index contributed by atoms with van der Waals surface area (Å²) >= 11 is 11.8. The molecule has 2 rings (SSSR count). The van der Waals surface area contributed by atoms with E-state index in [9.17, 15) is 8.42 Å². The zero-order valence-electron chi connectivity index (χ0n) is 9.47. The highest BCUT2D eigenvalue weighted by Gasteiger charge is 2.15. The van der Waals surface area contributed by atoms with E-state index in [-0.39, 0.29) is 10.7 Å². The van der Waals surface area contributed by atoms with Crippen molar-refractivity contribution in [3.8, 4) is 0 Å². The maximum Gasteiger partial charge on any atom is 0.241 e. The van der Waals surface area contributed by atoms with E-state index in [0.717, 1.165) is 0 Å². The molecule has 3 N–H and O–H groups in total. The molecule has 0 atom stereocenters. The third kappa shape index (κ3) is 3.36. The zero-order chi connectivity index (χ0) is 14.0. The molecule has 0 aliphatic rings. The summed E-state index contributed by atoms with van der Waals surface area (Å²) in [5.41, 5.74) is 0.481. The summed E-state index contributed by atoms with van der Waals surface area (Å²) in [4.78, 5) is 3.83. The van der Waals surface area contributed by atoms with Crippen LogP contribution in [0.5, 0.6) is 0 Å². The highest BCUT2D eigenvalue weighted by Crippen LogP contribution is 2.29. The summed E-state index contributed by atoms with van der Waals surface area (Å²) in [6.07, 6.45) is 1.45. The Bertz CT molecular complexity index is 720. The van der Waals surface area contributed by atoms with Crippen LogP contribution in [0.3, 0.4) is 0 Å². The summed E-state index contributed by atoms with van der Waals surface area (Å²) in [6.45, 7) is 0. The van der Waals surface area contributed by atoms with Crippen molar-refractivity contribution in [2.24, 2.45) is 5.14 Å². The fourth-order valence-corrected chi connectivity index (χ4v) is 2.53. The first-order valence-corrected chi connectivity index (χ1v) is 7.38. The molecule has 0 spiro atoms. The minimum absolute atomic E-state index is 0.106. The summed E-state index contributed by atoms with van der Waals surface area (Å²) in [5, 5.41) is 8.75. The predicted octanol–water partition coefficient (Wildman–Crippen LogP) is 2.78. The van der Waals surface area contributed by atoms with E-state index in [1.165, 1.54) is 24.4 Å². The van der Waals surface area contributed by atoms with E-state index in [0.29, 0.717) is 15.7 Å². The maximum absolute atomic E-state index is 11.4. The lowest BCUT2D eigenvalue weighted by molar-refractivity contribution is 0.598. The second-order valence-electron chi connectivity index (χ2n) is 3.64. The largest absolute Gasteiger partial charge is 0.338 e. The van der Waals surface area contributed by atoms with Gasteiger partial charge in [0, 0.05) is 11.2 Å². The molecule has 2 aromatic rings. The van der Waals surface area contributed by atoms with Gasteiger partial charge in [-0.05, 0) is 30.3 Å². The summed E-state index contributed by atoms with van der Waals surface area (Å²) in [6, 6.07) is 7.61. The first kappa shape index (κ1) is 14.1. The molecule has 0 bridgehead atoms. The lowest BCUT2D eigenvalue weighted by Crippen LogP contribution is -2.14. The Hall–Kier alpha value is -1.34. The van der Waals surface area contributed by atoms with Gasteiger partial charge in [0.15, 0.2) is 5.82 Å². The Morgan fingerprint density at radius 1 is 1.21 bits per heavy atom. The summed E-state index contributed by atoms with van der Waals surface area (Å²) < 4.78 is 22.9. The minimum atomic E-state index is -3.87. The third-order valence-corrected chi connectivity index (χ3v) is 3.75. The van der Waals surface area contributed by atoms with Crippen molar-refractivity contribution in [2.45, 2.75) is 4.90 Å². The summed E-state index contributed by atoms with van der Waals surface area (Å²) in [7, 11) is -3.87. The molecule has 0 amide bonds. The second-order valence-corrected chi connectivity index (χ2v) is 6.02. The highest BCUT2D eigenvalue weighted by molar-refractivity contribution is 7.89. The molecular formula is C11H9Cl2N3O2S. The van der Waals surface area contributed by atoms with Crippen molar-refractivity contribution >= 4 is 44.7 Å². The van der Waals surface area contributed by atoms with Crippen LogP contribution >= 0.6 is 23.2 Å². The van der Waals surface area contributed by atoms with Gasteiger partial charge in [-0.1, -0.05) is 23.2 Å². The van der Waals surface area contributed by atoms with Crippen LogP contribution in [-0.2, 0) is 10.0 Å². The molecule has 0 unspecified atom stereocenters. The van der Waals surface area contributed by atoms with Crippen molar-refractivity contribution in [1.82, 2.24) is 4.98 Å². The van der Waals surface area contributed by atoms with Gasteiger partial charge in [0.05, 0.1) is 10.7 Å². The van der Waals surface area contributed by atoms with Gasteiger partial charge in [0.1, 0.15) is 4.90 Å². The number of anilines is 2. The van der Waals surface area contributed by atoms with Crippen molar-refractivity contribution in [3.05, 3.63) is 46.6 Å². The number of hydrogen-bond donors (Lipinski definition) is 2. The number of rotatable bonds is 3. The lowest BCUT2D eigenvalue weighted by atomic mass is 10.3. The first-order chi connectivity index (χ1) is 8.88. The molecule has 1 aromatic heterocycles. The van der Waals surface area contributed by atoms with Crippen LogP contribution in [0.15, 0.2) is 41.4 Å². The molecule has 0 aliphatic heterocycles. The number of pyridine rings is 1. The first-order valence-electron chi connectivity index (χ1n) is 5.08. The molecule has 1 heterocycles. The topological polar surface area (TPSA) is 85.1 Å². The second kappa shape index (κ2) is 5.34. The number of nitrogens with two attached hydrogens (primary N) is 1. The Morgan fingerprint density at radius 3 is 2.58 bits per heavy atom. The van der Waals surface area contributed by atoms with E-state index in [2.05, 4.69) is 10.3 Å².